The summed E-state index contributed by atoms with van der Waals surface area (Å²) in [7, 11) is 3.12. The number of halogens is 1. The monoisotopic (exact) mass is 554 g/mol. The summed E-state index contributed by atoms with van der Waals surface area (Å²) < 4.78 is 17.7. The molecular weight excluding hydrogens is 520 g/mol. The van der Waals surface area contributed by atoms with Crippen molar-refractivity contribution in [3.05, 3.63) is 23.8 Å². The first kappa shape index (κ1) is 29.1. The van der Waals surface area contributed by atoms with E-state index < -0.39 is 16.3 Å². The second-order valence-corrected chi connectivity index (χ2v) is 13.5. The van der Waals surface area contributed by atoms with E-state index in [4.69, 9.17) is 13.8 Å². The molecule has 0 atom stereocenters. The van der Waals surface area contributed by atoms with Crippen LogP contribution < -0.4 is 9.05 Å². The van der Waals surface area contributed by atoms with Gasteiger partial charge in [0.05, 0.1) is 22.9 Å². The Kier molecular flexibility index (Phi) is 15.0. The number of carbonyl (C=O) groups is 1. The van der Waals surface area contributed by atoms with Crippen molar-refractivity contribution in [2.75, 3.05) is 6.61 Å². The molecule has 1 aromatic rings. The zero-order valence-corrected chi connectivity index (χ0v) is 23.0. The molecule has 0 aliphatic heterocycles. The van der Waals surface area contributed by atoms with Gasteiger partial charge in [0.1, 0.15) is 0 Å². The molecule has 0 saturated carbocycles. The molecule has 0 N–H and O–H groups in total. The normalized spacial score (nSPS) is 11.4. The SMILES string of the molecule is CCOC(=O)c1cc(OP(C(C)C)C(C)C)[c-]c(OP(C(C)C)C(C)C)c1.[Cl][Pd+]. The first-order valence-electron chi connectivity index (χ1n) is 9.85. The van der Waals surface area contributed by atoms with E-state index in [1.807, 2.05) is 0 Å². The van der Waals surface area contributed by atoms with Crippen molar-refractivity contribution in [2.24, 2.45) is 0 Å². The fourth-order valence-electron chi connectivity index (χ4n) is 2.79. The number of ether oxygens (including phenoxy) is 1. The van der Waals surface area contributed by atoms with Crippen LogP contribution in [0.15, 0.2) is 12.1 Å². The minimum atomic E-state index is -0.686. The molecule has 29 heavy (non-hydrogen) atoms. The predicted molar refractivity (Wildman–Crippen MR) is 123 cm³/mol. The summed E-state index contributed by atoms with van der Waals surface area (Å²) in [5.41, 5.74) is 2.09. The zero-order valence-electron chi connectivity index (χ0n) is 18.9. The molecule has 0 fully saturated rings. The molecule has 170 valence electrons. The van der Waals surface area contributed by atoms with Crippen LogP contribution in [0.1, 0.15) is 72.7 Å². The summed E-state index contributed by atoms with van der Waals surface area (Å²) in [5.74, 6) is 0.760. The van der Waals surface area contributed by atoms with Crippen LogP contribution in [-0.4, -0.2) is 35.2 Å². The van der Waals surface area contributed by atoms with Gasteiger partial charge in [-0.1, -0.05) is 61.5 Å². The van der Waals surface area contributed by atoms with E-state index >= 15 is 0 Å². The Labute approximate surface area is 194 Å². The number of benzene rings is 1. The third-order valence-electron chi connectivity index (χ3n) is 3.77. The third-order valence-corrected chi connectivity index (χ3v) is 8.66. The van der Waals surface area contributed by atoms with E-state index in [1.165, 1.54) is 0 Å². The Bertz CT molecular complexity index is 556. The fraction of sp³-hybridized carbons (Fsp3) is 0.667. The van der Waals surface area contributed by atoms with Crippen molar-refractivity contribution < 1.29 is 36.8 Å². The molecule has 0 unspecified atom stereocenters. The van der Waals surface area contributed by atoms with E-state index in [9.17, 15) is 4.79 Å². The van der Waals surface area contributed by atoms with Gasteiger partial charge < -0.3 is 13.8 Å². The van der Waals surface area contributed by atoms with Crippen molar-refractivity contribution in [3.8, 4) is 11.5 Å². The Balaban J connectivity index is 0.00000379. The first-order valence-corrected chi connectivity index (χ1v) is 14.7. The summed E-state index contributed by atoms with van der Waals surface area (Å²) in [6.07, 6.45) is 0. The maximum absolute atomic E-state index is 12.3. The molecule has 1 aromatic carbocycles. The van der Waals surface area contributed by atoms with Gasteiger partial charge in [-0.05, 0) is 12.5 Å². The summed E-state index contributed by atoms with van der Waals surface area (Å²) in [5, 5.41) is 0. The molecule has 0 amide bonds. The molecule has 0 heterocycles. The number of hydrogen-bond donors (Lipinski definition) is 0. The number of esters is 1. The summed E-state index contributed by atoms with van der Waals surface area (Å²) in [6, 6.07) is 6.68. The summed E-state index contributed by atoms with van der Waals surface area (Å²) in [4.78, 5) is 12.3. The standard InChI is InChI=1S/C21H35O4P2.ClH.Pd/c1-10-23-21(22)18-11-19(24-26(14(2)3)15(4)5)13-20(12-18)25-27(16(6)7)17(8)9;;/h11-12,14-17H,10H2,1-9H3;1H;/q-1;;+2/p-1. The average Bonchev–Trinajstić information content (AvgIpc) is 2.64. The first-order chi connectivity index (χ1) is 13.6. The van der Waals surface area contributed by atoms with Crippen LogP contribution in [0.25, 0.3) is 0 Å². The molecule has 8 heteroatoms. The molecule has 0 aliphatic rings. The van der Waals surface area contributed by atoms with E-state index in [0.29, 0.717) is 46.3 Å². The molecule has 0 bridgehead atoms. The number of carbonyl (C=O) groups excluding carboxylic acids is 1. The van der Waals surface area contributed by atoms with Gasteiger partial charge in [0.2, 0.25) is 0 Å². The van der Waals surface area contributed by atoms with Crippen LogP contribution in [0.4, 0.5) is 0 Å². The molecule has 0 aromatic heterocycles. The van der Waals surface area contributed by atoms with Crippen molar-refractivity contribution in [1.29, 1.82) is 0 Å². The van der Waals surface area contributed by atoms with Gasteiger partial charge in [-0.25, -0.2) is 4.79 Å². The third kappa shape index (κ3) is 10.3. The molecule has 0 radical (unpaired) electrons. The summed E-state index contributed by atoms with van der Waals surface area (Å²) in [6.45, 7) is 19.4. The van der Waals surface area contributed by atoms with Crippen molar-refractivity contribution >= 4 is 31.8 Å². The number of rotatable bonds is 10. The Morgan fingerprint density at radius 3 is 1.52 bits per heavy atom. The Hall–Kier alpha value is 0.102. The molecule has 4 nitrogen and oxygen atoms in total. The zero-order chi connectivity index (χ0) is 22.7. The Morgan fingerprint density at radius 1 is 0.897 bits per heavy atom. The van der Waals surface area contributed by atoms with Crippen molar-refractivity contribution in [3.63, 3.8) is 0 Å². The van der Waals surface area contributed by atoms with Crippen LogP contribution in [0.5, 0.6) is 11.5 Å². The fourth-order valence-corrected chi connectivity index (χ4v) is 6.67. The van der Waals surface area contributed by atoms with Gasteiger partial charge in [-0.15, -0.1) is 12.1 Å². The van der Waals surface area contributed by atoms with Gasteiger partial charge in [0, 0.05) is 34.1 Å². The quantitative estimate of drug-likeness (QED) is 0.130. The maximum atomic E-state index is 12.3. The second-order valence-electron chi connectivity index (χ2n) is 7.60. The van der Waals surface area contributed by atoms with Crippen LogP contribution in [0.3, 0.4) is 0 Å². The molecule has 0 saturated heterocycles. The molecule has 1 rings (SSSR count). The van der Waals surface area contributed by atoms with E-state index in [-0.39, 0.29) is 5.97 Å². The topological polar surface area (TPSA) is 44.8 Å². The van der Waals surface area contributed by atoms with E-state index in [0.717, 1.165) is 0 Å². The summed E-state index contributed by atoms with van der Waals surface area (Å²) >= 11 is 2.22. The Morgan fingerprint density at radius 2 is 1.24 bits per heavy atom. The second kappa shape index (κ2) is 15.0. The van der Waals surface area contributed by atoms with Crippen LogP contribution in [-0.2, 0) is 22.9 Å². The van der Waals surface area contributed by atoms with Gasteiger partial charge in [-0.3, -0.25) is 0 Å². The van der Waals surface area contributed by atoms with E-state index in [2.05, 4.69) is 89.2 Å². The van der Waals surface area contributed by atoms with Gasteiger partial charge in [-0.2, -0.15) is 0 Å². The molecular formula is C21H35ClO4P2Pd. The minimum absolute atomic E-state index is 0.333. The van der Waals surface area contributed by atoms with Gasteiger partial charge in [0.15, 0.2) is 0 Å². The van der Waals surface area contributed by atoms with Crippen LogP contribution in [0.2, 0.25) is 0 Å². The van der Waals surface area contributed by atoms with Crippen LogP contribution in [0, 0.1) is 6.07 Å². The van der Waals surface area contributed by atoms with Crippen molar-refractivity contribution in [1.82, 2.24) is 0 Å². The molecule has 0 spiro atoms. The predicted octanol–water partition coefficient (Wildman–Crippen LogP) is 7.54. The van der Waals surface area contributed by atoms with Crippen LogP contribution >= 0.6 is 25.8 Å². The van der Waals surface area contributed by atoms with Gasteiger partial charge >= 0.3 is 33.7 Å². The molecule has 0 aliphatic carbocycles. The van der Waals surface area contributed by atoms with Crippen molar-refractivity contribution in [2.45, 2.75) is 84.9 Å². The number of hydrogen-bond acceptors (Lipinski definition) is 4. The van der Waals surface area contributed by atoms with E-state index in [1.54, 1.807) is 19.1 Å². The van der Waals surface area contributed by atoms with Gasteiger partial charge in [0.25, 0.3) is 0 Å². The average molecular weight is 555 g/mol.